The summed E-state index contributed by atoms with van der Waals surface area (Å²) in [5.74, 6) is -2.34. The minimum atomic E-state index is -1.17. The maximum atomic E-state index is 11.0. The molecule has 0 radical (unpaired) electrons. The average molecular weight is 232 g/mol. The van der Waals surface area contributed by atoms with E-state index in [1.807, 2.05) is 0 Å². The number of amides is 2. The van der Waals surface area contributed by atoms with E-state index in [1.165, 1.54) is 6.07 Å². The zero-order chi connectivity index (χ0) is 13.4. The number of nitro benzene ring substituents is 1. The van der Waals surface area contributed by atoms with Crippen LogP contribution in [0.25, 0.3) is 0 Å². The Kier molecular flexibility index (Phi) is 1.95. The van der Waals surface area contributed by atoms with Crippen molar-refractivity contribution in [3.05, 3.63) is 38.5 Å². The molecule has 1 aromatic carbocycles. The molecule has 1 aliphatic heterocycles. The molecular formula is C9H2N4O4. The third-order valence-electron chi connectivity index (χ3n) is 1.94. The molecule has 2 amide bonds. The number of hydrogen-bond donors (Lipinski definition) is 0. The quantitative estimate of drug-likeness (QED) is 0.340. The van der Waals surface area contributed by atoms with Gasteiger partial charge in [-0.25, -0.2) is 9.98 Å². The predicted molar refractivity (Wildman–Crippen MR) is 50.1 cm³/mol. The normalized spacial score (nSPS) is 13.9. The van der Waals surface area contributed by atoms with Crippen molar-refractivity contribution in [3.8, 4) is 6.07 Å². The first-order chi connectivity index (χ1) is 8.45. The molecule has 0 saturated carbocycles. The average Bonchev–Trinajstić information content (AvgIpc) is 2.31. The topological polar surface area (TPSA) is 126 Å². The Bertz CT molecular complexity index is 777. The van der Waals surface area contributed by atoms with Gasteiger partial charge in [-0.3, -0.25) is 19.7 Å². The van der Waals surface area contributed by atoms with E-state index in [0.29, 0.717) is 0 Å². The van der Waals surface area contributed by atoms with E-state index < -0.39 is 34.0 Å². The number of nitriles is 1. The van der Waals surface area contributed by atoms with Gasteiger partial charge in [-0.2, -0.15) is 5.26 Å². The van der Waals surface area contributed by atoms with Crippen molar-refractivity contribution in [2.24, 2.45) is 9.98 Å². The highest BCUT2D eigenvalue weighted by atomic mass is 16.6. The van der Waals surface area contributed by atoms with Gasteiger partial charge in [0.15, 0.2) is 0 Å². The molecule has 0 unspecified atom stereocenters. The molecule has 1 aromatic rings. The molecule has 1 heterocycles. The lowest BCUT2D eigenvalue weighted by Crippen LogP contribution is -2.35. The summed E-state index contributed by atoms with van der Waals surface area (Å²) in [6.07, 6.45) is 0. The van der Waals surface area contributed by atoms with E-state index in [2.05, 4.69) is 9.98 Å². The summed E-state index contributed by atoms with van der Waals surface area (Å²) in [6.45, 7) is 0. The van der Waals surface area contributed by atoms with Gasteiger partial charge in [-0.15, -0.1) is 0 Å². The smallest absolute Gasteiger partial charge is 0.261 e. The molecule has 8 heteroatoms. The van der Waals surface area contributed by atoms with Crippen LogP contribution in [0.15, 0.2) is 22.1 Å². The van der Waals surface area contributed by atoms with Gasteiger partial charge in [0.25, 0.3) is 5.69 Å². The molecule has 8 nitrogen and oxygen atoms in total. The van der Waals surface area contributed by atoms with E-state index in [-0.39, 0.29) is 10.7 Å². The molecule has 0 aromatic heterocycles. The summed E-state index contributed by atoms with van der Waals surface area (Å²) in [5.41, 5.74) is -1.18. The number of nitro groups is 1. The third-order valence-corrected chi connectivity index (χ3v) is 1.94. The molecule has 0 N–H and O–H groups in total. The van der Waals surface area contributed by atoms with Gasteiger partial charge in [0.05, 0.1) is 11.7 Å². The largest absolute Gasteiger partial charge is 0.338 e. The van der Waals surface area contributed by atoms with Crippen LogP contribution in [0.2, 0.25) is 0 Å². The van der Waals surface area contributed by atoms with Crippen molar-refractivity contribution in [1.29, 1.82) is 5.26 Å². The van der Waals surface area contributed by atoms with Gasteiger partial charge in [-0.1, -0.05) is 0 Å². The summed E-state index contributed by atoms with van der Waals surface area (Å²) < 4.78 is 7.57. The number of nitrogens with zero attached hydrogens (tertiary/aromatic N) is 4. The van der Waals surface area contributed by atoms with E-state index in [0.717, 1.165) is 6.07 Å². The van der Waals surface area contributed by atoms with E-state index in [9.17, 15) is 19.7 Å². The Balaban J connectivity index is 3.00. The van der Waals surface area contributed by atoms with Gasteiger partial charge in [-0.05, 0) is 6.04 Å². The number of hydrogen-bond acceptors (Lipinski definition) is 5. The maximum Gasteiger partial charge on any atom is 0.338 e. The molecule has 0 aliphatic carbocycles. The first-order valence-electron chi connectivity index (χ1n) is 4.69. The van der Waals surface area contributed by atoms with E-state index in [1.54, 1.807) is 0 Å². The fourth-order valence-electron chi connectivity index (χ4n) is 1.22. The number of fused-ring (bicyclic) bond motifs is 1. The molecule has 82 valence electrons. The Morgan fingerprint density at radius 3 is 2.47 bits per heavy atom. The van der Waals surface area contributed by atoms with Crippen LogP contribution in [-0.4, -0.2) is 16.7 Å². The highest BCUT2D eigenvalue weighted by molar-refractivity contribution is 6.36. The van der Waals surface area contributed by atoms with E-state index in [4.69, 9.17) is 6.63 Å². The van der Waals surface area contributed by atoms with Gasteiger partial charge in [0.1, 0.15) is 17.0 Å². The standard InChI is InChI=1S/C9H2N4O4/c10-3-4-1-5-6(2-7(4)13(16)17)12-9(15)8(14)11-5/h1-2H/i1T. The van der Waals surface area contributed by atoms with Crippen molar-refractivity contribution in [2.45, 2.75) is 0 Å². The van der Waals surface area contributed by atoms with Gasteiger partial charge < -0.3 is 0 Å². The summed E-state index contributed by atoms with van der Waals surface area (Å²) in [6, 6.07) is 1.75. The first kappa shape index (κ1) is 9.29. The molecule has 0 spiro atoms. The molecule has 1 aliphatic rings. The van der Waals surface area contributed by atoms with Crippen molar-refractivity contribution >= 4 is 17.5 Å². The van der Waals surface area contributed by atoms with Gasteiger partial charge >= 0.3 is 11.8 Å². The second kappa shape index (κ2) is 3.57. The van der Waals surface area contributed by atoms with Crippen LogP contribution in [0.5, 0.6) is 0 Å². The maximum absolute atomic E-state index is 11.0. The Labute approximate surface area is 94.1 Å². The monoisotopic (exact) mass is 232 g/mol. The molecule has 17 heavy (non-hydrogen) atoms. The second-order valence-electron chi connectivity index (χ2n) is 2.97. The van der Waals surface area contributed by atoms with Crippen LogP contribution >= 0.6 is 0 Å². The van der Waals surface area contributed by atoms with Gasteiger partial charge in [0.2, 0.25) is 0 Å². The van der Waals surface area contributed by atoms with Crippen LogP contribution < -0.4 is 10.7 Å². The number of benzene rings is 1. The predicted octanol–water partition coefficient (Wildman–Crippen LogP) is -1.23. The first-order valence-corrected chi connectivity index (χ1v) is 4.19. The van der Waals surface area contributed by atoms with Crippen molar-refractivity contribution in [2.75, 3.05) is 0 Å². The van der Waals surface area contributed by atoms with E-state index >= 15 is 0 Å². The Morgan fingerprint density at radius 1 is 1.35 bits per heavy atom. The van der Waals surface area contributed by atoms with Crippen molar-refractivity contribution in [3.63, 3.8) is 0 Å². The van der Waals surface area contributed by atoms with Crippen LogP contribution in [-0.2, 0) is 9.59 Å². The second-order valence-corrected chi connectivity index (χ2v) is 2.97. The van der Waals surface area contributed by atoms with Crippen LogP contribution in [0.1, 0.15) is 6.93 Å². The highest BCUT2D eigenvalue weighted by Crippen LogP contribution is 2.12. The number of carbonyl (C=O) groups excluding carboxylic acids is 2. The fourth-order valence-corrected chi connectivity index (χ4v) is 1.22. The summed E-state index contributed by atoms with van der Waals surface area (Å²) >= 11 is 0. The minimum absolute atomic E-state index is 0.254. The van der Waals surface area contributed by atoms with Gasteiger partial charge in [0, 0.05) is 6.07 Å². The molecule has 0 bridgehead atoms. The third kappa shape index (κ3) is 1.65. The number of rotatable bonds is 1. The zero-order valence-corrected chi connectivity index (χ0v) is 8.00. The molecular weight excluding hydrogens is 228 g/mol. The summed E-state index contributed by atoms with van der Waals surface area (Å²) in [4.78, 5) is 38.4. The fraction of sp³-hybridized carbons (Fsp3) is 0. The summed E-state index contributed by atoms with van der Waals surface area (Å²) in [7, 11) is 0. The van der Waals surface area contributed by atoms with Crippen molar-refractivity contribution in [1.82, 2.24) is 0 Å². The Hall–Kier alpha value is -2.95. The molecule has 0 atom stereocenters. The van der Waals surface area contributed by atoms with Crippen LogP contribution in [0.4, 0.5) is 5.69 Å². The lowest BCUT2D eigenvalue weighted by molar-refractivity contribution is -0.385. The molecule has 2 rings (SSSR count). The highest BCUT2D eigenvalue weighted by Gasteiger charge is 2.20. The van der Waals surface area contributed by atoms with Crippen molar-refractivity contribution < 1.29 is 15.9 Å². The van der Waals surface area contributed by atoms with Crippen LogP contribution in [0, 0.1) is 21.4 Å². The number of carbonyl (C=O) groups is 2. The zero-order valence-electron chi connectivity index (χ0n) is 9.00. The molecule has 0 saturated heterocycles. The molecule has 0 fully saturated rings. The summed E-state index contributed by atoms with van der Waals surface area (Å²) in [5, 5.41) is 18.9. The Morgan fingerprint density at radius 2 is 1.94 bits per heavy atom. The lowest BCUT2D eigenvalue weighted by Gasteiger charge is -1.98. The van der Waals surface area contributed by atoms with Crippen LogP contribution in [0.3, 0.4) is 0 Å². The lowest BCUT2D eigenvalue weighted by atomic mass is 10.1. The SMILES string of the molecule is [3H]c1c(C#N)c([N+](=O)[O-])cc2c1=NC(=O)C(=O)N=2. The minimum Gasteiger partial charge on any atom is -0.261 e.